The van der Waals surface area contributed by atoms with Crippen LogP contribution in [0.5, 0.6) is 0 Å². The first kappa shape index (κ1) is 29.4. The minimum Gasteiger partial charge on any atom is -0.481 e. The predicted octanol–water partition coefficient (Wildman–Crippen LogP) is 7.33. The first-order valence-corrected chi connectivity index (χ1v) is 15.0. The van der Waals surface area contributed by atoms with Crippen molar-refractivity contribution < 1.29 is 24.5 Å². The van der Waals surface area contributed by atoms with E-state index in [1.807, 2.05) is 0 Å². The molecule has 2 fully saturated rings. The van der Waals surface area contributed by atoms with Gasteiger partial charge < -0.3 is 14.9 Å². The topological polar surface area (TPSA) is 83.8 Å². The summed E-state index contributed by atoms with van der Waals surface area (Å²) in [4.78, 5) is 24.5. The van der Waals surface area contributed by atoms with E-state index < -0.39 is 18.0 Å². The first-order chi connectivity index (χ1) is 17.5. The van der Waals surface area contributed by atoms with Crippen molar-refractivity contribution >= 4 is 11.9 Å². The molecule has 0 heterocycles. The monoisotopic (exact) mass is 528 g/mol. The van der Waals surface area contributed by atoms with E-state index in [-0.39, 0.29) is 39.7 Å². The molecule has 214 valence electrons. The van der Waals surface area contributed by atoms with Gasteiger partial charge in [0.1, 0.15) is 6.10 Å². The lowest BCUT2D eigenvalue weighted by Gasteiger charge is -2.62. The maximum atomic E-state index is 12.6. The lowest BCUT2D eigenvalue weighted by Crippen LogP contribution is -2.56. The van der Waals surface area contributed by atoms with Crippen LogP contribution in [0.3, 0.4) is 0 Å². The van der Waals surface area contributed by atoms with Gasteiger partial charge in [-0.2, -0.15) is 0 Å². The number of aliphatic hydroxyl groups excluding tert-OH is 1. The van der Waals surface area contributed by atoms with Crippen molar-refractivity contribution in [2.24, 2.45) is 45.3 Å². The Morgan fingerprint density at radius 3 is 2.29 bits per heavy atom. The lowest BCUT2D eigenvalue weighted by molar-refractivity contribution is -0.167. The SMILES string of the molecule is C=C(CC[C@@H](C(=O)O)C1[C@H](O)C[C@@]2(C)C3=C(CC[C@]12C)[C@@]1(C)CC[C@H](OC(C)=O)C(C)(C)[C@@H]1CC3)C(C)C. The summed E-state index contributed by atoms with van der Waals surface area (Å²) in [5.41, 5.74) is 3.62. The number of fused-ring (bicyclic) bond motifs is 4. The molecule has 2 saturated carbocycles. The quantitative estimate of drug-likeness (QED) is 0.267. The van der Waals surface area contributed by atoms with E-state index >= 15 is 0 Å². The van der Waals surface area contributed by atoms with Crippen molar-refractivity contribution in [1.29, 1.82) is 0 Å². The third-order valence-electron chi connectivity index (χ3n) is 12.4. The number of carboxylic acids is 1. The highest BCUT2D eigenvalue weighted by molar-refractivity contribution is 5.71. The summed E-state index contributed by atoms with van der Waals surface area (Å²) < 4.78 is 5.82. The Morgan fingerprint density at radius 1 is 1.05 bits per heavy atom. The van der Waals surface area contributed by atoms with E-state index in [1.54, 1.807) is 5.57 Å². The molecule has 38 heavy (non-hydrogen) atoms. The van der Waals surface area contributed by atoms with E-state index in [4.69, 9.17) is 4.74 Å². The van der Waals surface area contributed by atoms with Crippen molar-refractivity contribution in [2.45, 2.75) is 125 Å². The Bertz CT molecular complexity index is 1020. The second-order valence-electron chi connectivity index (χ2n) is 14.8. The fourth-order valence-corrected chi connectivity index (χ4v) is 9.98. The molecule has 1 unspecified atom stereocenters. The minimum absolute atomic E-state index is 0.0440. The van der Waals surface area contributed by atoms with Crippen LogP contribution in [0.4, 0.5) is 0 Å². The van der Waals surface area contributed by atoms with Crippen molar-refractivity contribution in [3.8, 4) is 0 Å². The van der Waals surface area contributed by atoms with Crippen molar-refractivity contribution in [3.05, 3.63) is 23.3 Å². The number of allylic oxidation sites excluding steroid dienone is 3. The summed E-state index contributed by atoms with van der Waals surface area (Å²) in [6.45, 7) is 21.5. The van der Waals surface area contributed by atoms with Crippen molar-refractivity contribution in [2.75, 3.05) is 0 Å². The highest BCUT2D eigenvalue weighted by atomic mass is 16.5. The van der Waals surface area contributed by atoms with Gasteiger partial charge in [0.15, 0.2) is 0 Å². The van der Waals surface area contributed by atoms with Crippen LogP contribution in [0.1, 0.15) is 113 Å². The first-order valence-electron chi connectivity index (χ1n) is 15.0. The number of aliphatic carboxylic acids is 1. The van der Waals surface area contributed by atoms with Gasteiger partial charge in [-0.3, -0.25) is 9.59 Å². The molecule has 0 bridgehead atoms. The van der Waals surface area contributed by atoms with E-state index in [9.17, 15) is 19.8 Å². The molecule has 0 spiro atoms. The molecule has 4 rings (SSSR count). The average molecular weight is 529 g/mol. The summed E-state index contributed by atoms with van der Waals surface area (Å²) in [5.74, 6) is -1.05. The zero-order valence-corrected chi connectivity index (χ0v) is 25.2. The van der Waals surface area contributed by atoms with Crippen LogP contribution in [0.2, 0.25) is 0 Å². The largest absolute Gasteiger partial charge is 0.481 e. The molecule has 0 amide bonds. The van der Waals surface area contributed by atoms with Crippen LogP contribution in [0.15, 0.2) is 23.3 Å². The van der Waals surface area contributed by atoms with Crippen LogP contribution < -0.4 is 0 Å². The number of hydrogen-bond acceptors (Lipinski definition) is 4. The molecule has 4 aliphatic carbocycles. The zero-order chi connectivity index (χ0) is 28.4. The number of rotatable bonds is 7. The molecule has 0 aromatic rings. The number of carbonyl (C=O) groups excluding carboxylic acids is 1. The predicted molar refractivity (Wildman–Crippen MR) is 150 cm³/mol. The zero-order valence-electron chi connectivity index (χ0n) is 25.2. The van der Waals surface area contributed by atoms with Gasteiger partial charge in [-0.1, -0.05) is 71.8 Å². The third kappa shape index (κ3) is 4.30. The van der Waals surface area contributed by atoms with Gasteiger partial charge >= 0.3 is 11.9 Å². The van der Waals surface area contributed by atoms with Crippen LogP contribution in [0.25, 0.3) is 0 Å². The summed E-state index contributed by atoms with van der Waals surface area (Å²) in [6, 6.07) is 0. The van der Waals surface area contributed by atoms with Crippen LogP contribution in [0, 0.1) is 45.3 Å². The van der Waals surface area contributed by atoms with E-state index in [2.05, 4.69) is 55.0 Å². The molecule has 0 aliphatic heterocycles. The smallest absolute Gasteiger partial charge is 0.306 e. The standard InChI is InChI=1S/C33H52O5/c1-19(2)20(3)10-11-22(29(36)37)28-25(35)18-33(9)24-12-13-26-30(5,6)27(38-21(4)34)15-16-31(26,7)23(24)14-17-32(28,33)8/h19,22,25-28,35H,3,10-18H2,1-2,4-9H3,(H,36,37)/t22-,25-,26+,27+,28?,31-,32-,33+/m1/s1. The Kier molecular flexibility index (Phi) is 7.56. The molecule has 0 aromatic carbocycles. The maximum Gasteiger partial charge on any atom is 0.306 e. The second-order valence-corrected chi connectivity index (χ2v) is 14.8. The summed E-state index contributed by atoms with van der Waals surface area (Å²) in [5, 5.41) is 22.0. The molecule has 0 radical (unpaired) electrons. The summed E-state index contributed by atoms with van der Waals surface area (Å²) in [6.07, 6.45) is 6.98. The van der Waals surface area contributed by atoms with Gasteiger partial charge in [-0.05, 0) is 85.9 Å². The van der Waals surface area contributed by atoms with E-state index in [0.717, 1.165) is 44.1 Å². The summed E-state index contributed by atoms with van der Waals surface area (Å²) >= 11 is 0. The van der Waals surface area contributed by atoms with Gasteiger partial charge in [0.05, 0.1) is 12.0 Å². The van der Waals surface area contributed by atoms with Gasteiger partial charge in [0.25, 0.3) is 0 Å². The molecular weight excluding hydrogens is 476 g/mol. The molecular formula is C33H52O5. The number of hydrogen-bond donors (Lipinski definition) is 2. The highest BCUT2D eigenvalue weighted by Crippen LogP contribution is 2.72. The highest BCUT2D eigenvalue weighted by Gasteiger charge is 2.66. The maximum absolute atomic E-state index is 12.6. The lowest BCUT2D eigenvalue weighted by atomic mass is 9.43. The fraction of sp³-hybridized carbons (Fsp3) is 0.818. The summed E-state index contributed by atoms with van der Waals surface area (Å²) in [7, 11) is 0. The van der Waals surface area contributed by atoms with Crippen molar-refractivity contribution in [3.63, 3.8) is 0 Å². The van der Waals surface area contributed by atoms with Crippen LogP contribution in [-0.2, 0) is 14.3 Å². The van der Waals surface area contributed by atoms with Crippen LogP contribution >= 0.6 is 0 Å². The fourth-order valence-electron chi connectivity index (χ4n) is 9.98. The second kappa shape index (κ2) is 9.78. The molecule has 2 N–H and O–H groups in total. The molecule has 0 saturated heterocycles. The molecule has 5 heteroatoms. The Hall–Kier alpha value is -1.62. The average Bonchev–Trinajstić information content (AvgIpc) is 3.01. The van der Waals surface area contributed by atoms with Gasteiger partial charge in [0.2, 0.25) is 0 Å². The van der Waals surface area contributed by atoms with Gasteiger partial charge in [-0.15, -0.1) is 0 Å². The van der Waals surface area contributed by atoms with Crippen LogP contribution in [-0.4, -0.2) is 34.4 Å². The molecule has 8 atom stereocenters. The molecule has 4 aliphatic rings. The van der Waals surface area contributed by atoms with Gasteiger partial charge in [-0.25, -0.2) is 0 Å². The van der Waals surface area contributed by atoms with Gasteiger partial charge in [0, 0.05) is 18.3 Å². The third-order valence-corrected chi connectivity index (χ3v) is 12.4. The molecule has 5 nitrogen and oxygen atoms in total. The molecule has 0 aromatic heterocycles. The number of carboxylic acid groups (broad SMARTS) is 1. The minimum atomic E-state index is -0.780. The number of ether oxygens (including phenoxy) is 1. The van der Waals surface area contributed by atoms with E-state index in [1.165, 1.54) is 12.5 Å². The Morgan fingerprint density at radius 2 is 1.71 bits per heavy atom. The number of aliphatic hydroxyl groups is 1. The number of esters is 1. The number of carbonyl (C=O) groups is 2. The van der Waals surface area contributed by atoms with E-state index in [0.29, 0.717) is 31.1 Å². The normalized spacial score (nSPS) is 40.7. The van der Waals surface area contributed by atoms with Crippen molar-refractivity contribution in [1.82, 2.24) is 0 Å². The Labute approximate surface area is 230 Å². The Balaban J connectivity index is 1.69.